The van der Waals surface area contributed by atoms with Crippen LogP contribution in [0.25, 0.3) is 0 Å². The summed E-state index contributed by atoms with van der Waals surface area (Å²) in [6.07, 6.45) is 78.9. The van der Waals surface area contributed by atoms with Crippen molar-refractivity contribution < 1.29 is 28.6 Å². The third kappa shape index (κ3) is 57.5. The van der Waals surface area contributed by atoms with Gasteiger partial charge < -0.3 is 14.2 Å². The summed E-state index contributed by atoms with van der Waals surface area (Å²) in [6, 6.07) is 0. The van der Waals surface area contributed by atoms with Gasteiger partial charge in [-0.3, -0.25) is 14.4 Å². The van der Waals surface area contributed by atoms with Crippen molar-refractivity contribution in [2.75, 3.05) is 13.2 Å². The van der Waals surface area contributed by atoms with Crippen molar-refractivity contribution in [2.24, 2.45) is 0 Å². The SMILES string of the molecule is CC/C=C\C/C=C\C/C=C\C/C=C\C/C=C\CCCCCCCCCCCCCCCCCC(=O)OCC(COC(=O)CCCCCCC/C=C\CCC)OC(=O)CCCCCCC/C=C\CCCCCC. The Balaban J connectivity index is 4.11. The molecule has 0 aliphatic heterocycles. The molecule has 0 bridgehead atoms. The van der Waals surface area contributed by atoms with Crippen LogP contribution in [0.3, 0.4) is 0 Å². The number of ether oxygens (including phenoxy) is 3. The highest BCUT2D eigenvalue weighted by atomic mass is 16.6. The van der Waals surface area contributed by atoms with Gasteiger partial charge in [0.15, 0.2) is 6.10 Å². The van der Waals surface area contributed by atoms with Crippen LogP contribution in [0.4, 0.5) is 0 Å². The van der Waals surface area contributed by atoms with Crippen LogP contribution in [0, 0.1) is 0 Å². The third-order valence-corrected chi connectivity index (χ3v) is 13.1. The first-order chi connectivity index (χ1) is 35.5. The second-order valence-corrected chi connectivity index (χ2v) is 20.2. The lowest BCUT2D eigenvalue weighted by atomic mass is 10.0. The highest BCUT2D eigenvalue weighted by Crippen LogP contribution is 2.16. The van der Waals surface area contributed by atoms with E-state index in [-0.39, 0.29) is 31.1 Å². The van der Waals surface area contributed by atoms with Crippen LogP contribution in [0.5, 0.6) is 0 Å². The number of hydrogen-bond acceptors (Lipinski definition) is 6. The molecule has 6 heteroatoms. The van der Waals surface area contributed by atoms with Crippen LogP contribution in [-0.2, 0) is 28.6 Å². The largest absolute Gasteiger partial charge is 0.462 e. The fourth-order valence-electron chi connectivity index (χ4n) is 8.53. The fourth-order valence-corrected chi connectivity index (χ4v) is 8.53. The van der Waals surface area contributed by atoms with E-state index >= 15 is 0 Å². The van der Waals surface area contributed by atoms with E-state index < -0.39 is 6.10 Å². The molecule has 0 saturated heterocycles. The van der Waals surface area contributed by atoms with Crippen molar-refractivity contribution in [1.29, 1.82) is 0 Å². The molecule has 1 atom stereocenters. The van der Waals surface area contributed by atoms with Crippen LogP contribution in [0.15, 0.2) is 85.1 Å². The van der Waals surface area contributed by atoms with Gasteiger partial charge in [0, 0.05) is 19.3 Å². The minimum Gasteiger partial charge on any atom is -0.462 e. The molecule has 1 unspecified atom stereocenters. The molecule has 0 aromatic rings. The zero-order chi connectivity index (χ0) is 52.2. The zero-order valence-electron chi connectivity index (χ0n) is 47.4. The Bertz CT molecular complexity index is 1380. The average Bonchev–Trinajstić information content (AvgIpc) is 3.38. The van der Waals surface area contributed by atoms with Crippen molar-refractivity contribution >= 4 is 17.9 Å². The molecule has 0 saturated carbocycles. The maximum Gasteiger partial charge on any atom is 0.306 e. The van der Waals surface area contributed by atoms with E-state index in [1.54, 1.807) is 0 Å². The molecule has 414 valence electrons. The summed E-state index contributed by atoms with van der Waals surface area (Å²) in [6.45, 7) is 6.45. The summed E-state index contributed by atoms with van der Waals surface area (Å²) in [5.74, 6) is -0.893. The highest BCUT2D eigenvalue weighted by Gasteiger charge is 2.19. The van der Waals surface area contributed by atoms with Gasteiger partial charge in [-0.05, 0) is 109 Å². The maximum absolute atomic E-state index is 12.8. The first kappa shape index (κ1) is 68.6. The van der Waals surface area contributed by atoms with E-state index in [0.717, 1.165) is 116 Å². The average molecular weight is 1000 g/mol. The smallest absolute Gasteiger partial charge is 0.306 e. The van der Waals surface area contributed by atoms with Gasteiger partial charge in [-0.15, -0.1) is 0 Å². The fraction of sp³-hybridized carbons (Fsp3) is 0.742. The maximum atomic E-state index is 12.8. The van der Waals surface area contributed by atoms with E-state index in [9.17, 15) is 14.4 Å². The second kappa shape index (κ2) is 60.1. The number of carbonyl (C=O) groups is 3. The lowest BCUT2D eigenvalue weighted by Gasteiger charge is -2.18. The number of allylic oxidation sites excluding steroid dienone is 14. The number of rotatable bonds is 55. The first-order valence-electron chi connectivity index (χ1n) is 30.6. The molecule has 0 heterocycles. The molecular formula is C66H114O6. The molecule has 0 aliphatic rings. The number of unbranched alkanes of at least 4 members (excludes halogenated alkanes) is 30. The molecule has 72 heavy (non-hydrogen) atoms. The van der Waals surface area contributed by atoms with Crippen molar-refractivity contribution in [2.45, 2.75) is 303 Å². The van der Waals surface area contributed by atoms with Crippen LogP contribution in [0.2, 0.25) is 0 Å². The number of hydrogen-bond donors (Lipinski definition) is 0. The van der Waals surface area contributed by atoms with Crippen molar-refractivity contribution in [3.63, 3.8) is 0 Å². The van der Waals surface area contributed by atoms with Gasteiger partial charge in [-0.25, -0.2) is 0 Å². The van der Waals surface area contributed by atoms with Gasteiger partial charge in [-0.1, -0.05) is 254 Å². The molecule has 0 amide bonds. The van der Waals surface area contributed by atoms with E-state index in [1.807, 2.05) is 0 Å². The Labute approximate surface area is 445 Å². The van der Waals surface area contributed by atoms with Gasteiger partial charge in [-0.2, -0.15) is 0 Å². The lowest BCUT2D eigenvalue weighted by molar-refractivity contribution is -0.167. The molecule has 0 aromatic carbocycles. The summed E-state index contributed by atoms with van der Waals surface area (Å²) in [7, 11) is 0. The van der Waals surface area contributed by atoms with Crippen molar-refractivity contribution in [3.05, 3.63) is 85.1 Å². The second-order valence-electron chi connectivity index (χ2n) is 20.2. The molecule has 0 rings (SSSR count). The molecule has 0 aliphatic carbocycles. The predicted molar refractivity (Wildman–Crippen MR) is 311 cm³/mol. The van der Waals surface area contributed by atoms with Crippen LogP contribution >= 0.6 is 0 Å². The summed E-state index contributed by atoms with van der Waals surface area (Å²) in [5, 5.41) is 0. The Hall–Kier alpha value is -3.41. The van der Waals surface area contributed by atoms with E-state index in [0.29, 0.717) is 19.3 Å². The summed E-state index contributed by atoms with van der Waals surface area (Å²) in [5.41, 5.74) is 0. The summed E-state index contributed by atoms with van der Waals surface area (Å²) >= 11 is 0. The standard InChI is InChI=1S/C66H114O6/c1-4-7-10-13-16-19-22-24-25-26-27-28-29-30-31-32-33-34-35-36-37-38-39-40-41-43-44-47-50-53-56-59-65(68)71-62-63(61-70-64(67)58-55-52-49-46-21-18-15-12-9-6-3)72-66(69)60-57-54-51-48-45-42-23-20-17-14-11-8-5-2/h7,10,12,15-16,19-20,23-25,27-28,30-31,63H,4-6,8-9,11,13-14,17-18,21-22,26,29,32-62H2,1-3H3/b10-7-,15-12-,19-16-,23-20-,25-24-,28-27-,31-30-. The summed E-state index contributed by atoms with van der Waals surface area (Å²) < 4.78 is 16.8. The quantitative estimate of drug-likeness (QED) is 0.0261. The Morgan fingerprint density at radius 3 is 0.917 bits per heavy atom. The Morgan fingerprint density at radius 2 is 0.569 bits per heavy atom. The Morgan fingerprint density at radius 1 is 0.292 bits per heavy atom. The molecule has 6 nitrogen and oxygen atoms in total. The van der Waals surface area contributed by atoms with Gasteiger partial charge in [0.2, 0.25) is 0 Å². The van der Waals surface area contributed by atoms with Gasteiger partial charge in [0.05, 0.1) is 0 Å². The zero-order valence-corrected chi connectivity index (χ0v) is 47.4. The van der Waals surface area contributed by atoms with E-state index in [4.69, 9.17) is 14.2 Å². The molecule has 0 aromatic heterocycles. The number of carbonyl (C=O) groups excluding carboxylic acids is 3. The topological polar surface area (TPSA) is 78.9 Å². The normalized spacial score (nSPS) is 12.7. The monoisotopic (exact) mass is 1000 g/mol. The van der Waals surface area contributed by atoms with Gasteiger partial charge >= 0.3 is 17.9 Å². The molecule has 0 fully saturated rings. The Kier molecular flexibility index (Phi) is 57.3. The van der Waals surface area contributed by atoms with Gasteiger partial charge in [0.25, 0.3) is 0 Å². The molecule has 0 N–H and O–H groups in total. The lowest BCUT2D eigenvalue weighted by Crippen LogP contribution is -2.30. The predicted octanol–water partition coefficient (Wildman–Crippen LogP) is 20.7. The highest BCUT2D eigenvalue weighted by molar-refractivity contribution is 5.71. The third-order valence-electron chi connectivity index (χ3n) is 13.1. The van der Waals surface area contributed by atoms with Crippen LogP contribution in [-0.4, -0.2) is 37.2 Å². The van der Waals surface area contributed by atoms with E-state index in [2.05, 4.69) is 106 Å². The minimum atomic E-state index is -0.781. The first-order valence-corrected chi connectivity index (χ1v) is 30.6. The van der Waals surface area contributed by atoms with Gasteiger partial charge in [0.1, 0.15) is 13.2 Å². The van der Waals surface area contributed by atoms with E-state index in [1.165, 1.54) is 141 Å². The van der Waals surface area contributed by atoms with Crippen molar-refractivity contribution in [1.82, 2.24) is 0 Å². The van der Waals surface area contributed by atoms with Crippen LogP contribution in [0.1, 0.15) is 297 Å². The number of esters is 3. The van der Waals surface area contributed by atoms with Crippen LogP contribution < -0.4 is 0 Å². The molecule has 0 spiro atoms. The minimum absolute atomic E-state index is 0.0803. The molecular weight excluding hydrogens is 889 g/mol. The van der Waals surface area contributed by atoms with Crippen molar-refractivity contribution in [3.8, 4) is 0 Å². The molecule has 0 radical (unpaired) electrons. The summed E-state index contributed by atoms with van der Waals surface area (Å²) in [4.78, 5) is 38.1.